The molecule has 0 amide bonds. The van der Waals surface area contributed by atoms with Crippen LogP contribution in [0.15, 0.2) is 54.9 Å². The molecule has 0 atom stereocenters. The molecule has 3 heteroatoms. The van der Waals surface area contributed by atoms with Crippen molar-refractivity contribution in [1.29, 1.82) is 0 Å². The Kier molecular flexibility index (Phi) is 3.79. The van der Waals surface area contributed by atoms with Gasteiger partial charge in [-0.1, -0.05) is 44.2 Å². The molecule has 1 aliphatic rings. The maximum atomic E-state index is 12.9. The molecule has 2 aromatic heterocycles. The Morgan fingerprint density at radius 2 is 1.76 bits per heavy atom. The molecule has 0 radical (unpaired) electrons. The van der Waals surface area contributed by atoms with Crippen LogP contribution in [0.1, 0.15) is 47.4 Å². The number of nitrogens with one attached hydrogen (secondary N) is 2. The Morgan fingerprint density at radius 3 is 2.48 bits per heavy atom. The summed E-state index contributed by atoms with van der Waals surface area (Å²) in [6.07, 6.45) is 6.14. The van der Waals surface area contributed by atoms with Gasteiger partial charge in [0.05, 0.1) is 5.69 Å². The van der Waals surface area contributed by atoms with Crippen molar-refractivity contribution < 1.29 is 9.78 Å². The van der Waals surface area contributed by atoms with Crippen molar-refractivity contribution in [2.45, 2.75) is 33.1 Å². The maximum absolute atomic E-state index is 12.9. The zero-order valence-electron chi connectivity index (χ0n) is 14.7. The molecule has 0 unspecified atom stereocenters. The summed E-state index contributed by atoms with van der Waals surface area (Å²) in [4.78, 5) is 19.6. The summed E-state index contributed by atoms with van der Waals surface area (Å²) in [5.41, 5.74) is 6.58. The third-order valence-electron chi connectivity index (χ3n) is 4.99. The fourth-order valence-electron chi connectivity index (χ4n) is 3.91. The van der Waals surface area contributed by atoms with Crippen LogP contribution in [0.2, 0.25) is 0 Å². The minimum Gasteiger partial charge on any atom is -0.358 e. The summed E-state index contributed by atoms with van der Waals surface area (Å²) < 4.78 is 0. The van der Waals surface area contributed by atoms with Gasteiger partial charge in [0.15, 0.2) is 18.2 Å². The highest BCUT2D eigenvalue weighted by molar-refractivity contribution is 6.02. The lowest BCUT2D eigenvalue weighted by molar-refractivity contribution is -0.377. The van der Waals surface area contributed by atoms with Crippen molar-refractivity contribution in [3.8, 4) is 11.3 Å². The predicted molar refractivity (Wildman–Crippen MR) is 98.5 cm³/mol. The fraction of sp³-hybridized carbons (Fsp3) is 0.273. The van der Waals surface area contributed by atoms with Crippen molar-refractivity contribution >= 4 is 5.78 Å². The molecule has 1 aromatic carbocycles. The smallest absolute Gasteiger partial charge is 0.167 e. The van der Waals surface area contributed by atoms with E-state index < -0.39 is 0 Å². The molecule has 0 bridgehead atoms. The zero-order chi connectivity index (χ0) is 17.4. The van der Waals surface area contributed by atoms with Crippen molar-refractivity contribution in [3.63, 3.8) is 0 Å². The fourth-order valence-corrected chi connectivity index (χ4v) is 3.91. The number of carbonyl (C=O) groups excluding carboxylic acids is 1. The van der Waals surface area contributed by atoms with Gasteiger partial charge in [0.1, 0.15) is 0 Å². The molecule has 0 spiro atoms. The van der Waals surface area contributed by atoms with Crippen LogP contribution >= 0.6 is 0 Å². The number of aromatic nitrogens is 2. The number of aromatic amines is 2. The first-order chi connectivity index (χ1) is 12.0. The molecule has 1 aliphatic carbocycles. The number of benzene rings is 1. The molecule has 4 rings (SSSR count). The number of H-pyrrole nitrogens is 2. The van der Waals surface area contributed by atoms with E-state index in [0.717, 1.165) is 40.9 Å². The third kappa shape index (κ3) is 3.02. The molecule has 0 saturated carbocycles. The number of hydrogen-bond donors (Lipinski definition) is 1. The van der Waals surface area contributed by atoms with Gasteiger partial charge in [-0.15, -0.1) is 0 Å². The van der Waals surface area contributed by atoms with Gasteiger partial charge < -0.3 is 4.98 Å². The standard InChI is InChI=1S/C22H22N2O/c1-22(2)13-18-20(19(25)14-22)17(12-15-6-4-3-5-7-15)21(24-18)16-8-10-23-11-9-16/h3-11,24H,12-14H2,1-2H3/p+1. The molecule has 0 aliphatic heterocycles. The average molecular weight is 331 g/mol. The first kappa shape index (κ1) is 15.8. The number of hydrogen-bond acceptors (Lipinski definition) is 1. The van der Waals surface area contributed by atoms with Gasteiger partial charge in [0.2, 0.25) is 0 Å². The quantitative estimate of drug-likeness (QED) is 0.766. The molecule has 126 valence electrons. The van der Waals surface area contributed by atoms with Gasteiger partial charge in [0, 0.05) is 41.8 Å². The molecular formula is C22H23N2O+. The zero-order valence-corrected chi connectivity index (χ0v) is 14.7. The van der Waals surface area contributed by atoms with Crippen LogP contribution in [0, 0.1) is 5.41 Å². The Bertz CT molecular complexity index is 908. The summed E-state index contributed by atoms with van der Waals surface area (Å²) in [5.74, 6) is 0.266. The Morgan fingerprint density at radius 1 is 1.04 bits per heavy atom. The summed E-state index contributed by atoms with van der Waals surface area (Å²) in [7, 11) is 0. The Hall–Kier alpha value is -2.68. The first-order valence-corrected chi connectivity index (χ1v) is 8.81. The van der Waals surface area contributed by atoms with Gasteiger partial charge in [-0.05, 0) is 23.0 Å². The molecule has 2 heterocycles. The normalized spacial score (nSPS) is 15.8. The molecule has 25 heavy (non-hydrogen) atoms. The van der Waals surface area contributed by atoms with Gasteiger partial charge >= 0.3 is 0 Å². The van der Waals surface area contributed by atoms with Gasteiger partial charge in [-0.2, -0.15) is 0 Å². The highest BCUT2D eigenvalue weighted by Crippen LogP contribution is 2.40. The lowest BCUT2D eigenvalue weighted by atomic mass is 9.75. The van der Waals surface area contributed by atoms with E-state index in [1.807, 2.05) is 18.5 Å². The van der Waals surface area contributed by atoms with Crippen LogP contribution in [0.5, 0.6) is 0 Å². The van der Waals surface area contributed by atoms with Crippen LogP contribution in [0.25, 0.3) is 11.3 Å². The minimum absolute atomic E-state index is 0.0146. The second-order valence-corrected chi connectivity index (χ2v) is 7.72. The number of pyridine rings is 1. The van der Waals surface area contributed by atoms with Gasteiger partial charge in [0.25, 0.3) is 0 Å². The second-order valence-electron chi connectivity index (χ2n) is 7.72. The summed E-state index contributed by atoms with van der Waals surface area (Å²) >= 11 is 0. The maximum Gasteiger partial charge on any atom is 0.167 e. The van der Waals surface area contributed by atoms with E-state index >= 15 is 0 Å². The Balaban J connectivity index is 1.88. The topological polar surface area (TPSA) is 47.0 Å². The van der Waals surface area contributed by atoms with Crippen LogP contribution < -0.4 is 4.98 Å². The third-order valence-corrected chi connectivity index (χ3v) is 4.99. The van der Waals surface area contributed by atoms with E-state index in [1.165, 1.54) is 5.56 Å². The van der Waals surface area contributed by atoms with E-state index in [4.69, 9.17) is 0 Å². The monoisotopic (exact) mass is 331 g/mol. The van der Waals surface area contributed by atoms with Gasteiger partial charge in [-0.25, -0.2) is 4.98 Å². The first-order valence-electron chi connectivity index (χ1n) is 8.81. The van der Waals surface area contributed by atoms with Crippen molar-refractivity contribution in [2.75, 3.05) is 0 Å². The molecule has 2 N–H and O–H groups in total. The van der Waals surface area contributed by atoms with E-state index in [0.29, 0.717) is 6.42 Å². The van der Waals surface area contributed by atoms with Crippen molar-refractivity contribution in [2.24, 2.45) is 5.41 Å². The van der Waals surface area contributed by atoms with Crippen LogP contribution in [-0.4, -0.2) is 10.8 Å². The number of carbonyl (C=O) groups is 1. The van der Waals surface area contributed by atoms with Crippen molar-refractivity contribution in [3.05, 3.63) is 77.2 Å². The van der Waals surface area contributed by atoms with Gasteiger partial charge in [-0.3, -0.25) is 4.79 Å². The highest BCUT2D eigenvalue weighted by atomic mass is 16.1. The second kappa shape index (κ2) is 5.99. The average Bonchev–Trinajstić information content (AvgIpc) is 2.93. The number of fused-ring (bicyclic) bond motifs is 1. The van der Waals surface area contributed by atoms with Crippen LogP contribution in [0.3, 0.4) is 0 Å². The summed E-state index contributed by atoms with van der Waals surface area (Å²) in [6, 6.07) is 14.5. The SMILES string of the molecule is CC1(C)CC(=O)c2c([nH]c(-c3cc[nH+]cc3)c2Cc2ccccc2)C1. The van der Waals surface area contributed by atoms with Crippen molar-refractivity contribution in [1.82, 2.24) is 4.98 Å². The predicted octanol–water partition coefficient (Wildman–Crippen LogP) is 4.24. The van der Waals surface area contributed by atoms with E-state index in [-0.39, 0.29) is 11.2 Å². The minimum atomic E-state index is 0.0146. The van der Waals surface area contributed by atoms with Crippen LogP contribution in [-0.2, 0) is 12.8 Å². The van der Waals surface area contributed by atoms with Crippen LogP contribution in [0.4, 0.5) is 0 Å². The van der Waals surface area contributed by atoms with E-state index in [9.17, 15) is 4.79 Å². The molecule has 3 aromatic rings. The molecule has 0 saturated heterocycles. The number of Topliss-reactive ketones (excluding diaryl/α,β-unsaturated/α-hetero) is 1. The van der Waals surface area contributed by atoms with E-state index in [2.05, 4.69) is 60.2 Å². The molecule has 3 nitrogen and oxygen atoms in total. The highest BCUT2D eigenvalue weighted by Gasteiger charge is 2.35. The summed E-state index contributed by atoms with van der Waals surface area (Å²) in [6.45, 7) is 4.34. The largest absolute Gasteiger partial charge is 0.358 e. The van der Waals surface area contributed by atoms with E-state index in [1.54, 1.807) is 0 Å². The molecule has 0 fully saturated rings. The number of ketones is 1. The Labute approximate surface area is 148 Å². The lowest BCUT2D eigenvalue weighted by Crippen LogP contribution is -2.27. The molecular weight excluding hydrogens is 308 g/mol. The number of rotatable bonds is 3. The summed E-state index contributed by atoms with van der Waals surface area (Å²) in [5, 5.41) is 0. The lowest BCUT2D eigenvalue weighted by Gasteiger charge is -2.28.